The summed E-state index contributed by atoms with van der Waals surface area (Å²) in [4.78, 5) is 2.30. The van der Waals surface area contributed by atoms with Gasteiger partial charge in [0.15, 0.2) is 23.0 Å². The van der Waals surface area contributed by atoms with Gasteiger partial charge in [-0.25, -0.2) is 0 Å². The Morgan fingerprint density at radius 1 is 0.795 bits per heavy atom. The van der Waals surface area contributed by atoms with Gasteiger partial charge in [-0.2, -0.15) is 0 Å². The van der Waals surface area contributed by atoms with Crippen LogP contribution in [0.15, 0.2) is 54.6 Å². The lowest BCUT2D eigenvalue weighted by atomic mass is 9.86. The Balaban J connectivity index is 1.50. The maximum Gasteiger partial charge on any atom is 0.201 e. The second-order valence-electron chi connectivity index (χ2n) is 11.9. The summed E-state index contributed by atoms with van der Waals surface area (Å²) in [5.74, 6) is 2.81. The van der Waals surface area contributed by atoms with Gasteiger partial charge < -0.3 is 34.5 Å². The molecular weight excluding hydrogens is 556 g/mol. The van der Waals surface area contributed by atoms with Crippen LogP contribution < -0.4 is 24.3 Å². The first-order valence-corrected chi connectivity index (χ1v) is 15.1. The second kappa shape index (κ2) is 11.3. The first kappa shape index (κ1) is 28.4. The number of nitrogens with one attached hydrogen (secondary N) is 1. The number of benzene rings is 4. The quantitative estimate of drug-likeness (QED) is 0.262. The predicted molar refractivity (Wildman–Crippen MR) is 169 cm³/mol. The molecule has 6 bridgehead atoms. The fourth-order valence-corrected chi connectivity index (χ4v) is 7.11. The van der Waals surface area contributed by atoms with Crippen LogP contribution in [-0.4, -0.2) is 56.6 Å². The number of nitrogens with zero attached hydrogens (tertiary/aromatic N) is 1. The molecule has 8 nitrogen and oxygen atoms in total. The molecule has 0 saturated heterocycles. The van der Waals surface area contributed by atoms with Crippen LogP contribution in [-0.2, 0) is 25.7 Å². The Labute approximate surface area is 257 Å². The number of hydrogen-bond donors (Lipinski definition) is 3. The first-order valence-electron chi connectivity index (χ1n) is 15.1. The Bertz CT molecular complexity index is 1750. The van der Waals surface area contributed by atoms with E-state index in [2.05, 4.69) is 47.6 Å². The third kappa shape index (κ3) is 4.78. The molecule has 0 spiro atoms. The van der Waals surface area contributed by atoms with Crippen LogP contribution >= 0.6 is 0 Å². The second-order valence-corrected chi connectivity index (χ2v) is 11.9. The van der Waals surface area contributed by atoms with E-state index in [1.807, 2.05) is 18.2 Å². The van der Waals surface area contributed by atoms with Gasteiger partial charge in [-0.1, -0.05) is 12.1 Å². The third-order valence-corrected chi connectivity index (χ3v) is 9.45. The number of fused-ring (bicyclic) bond motifs is 6. The minimum Gasteiger partial charge on any atom is -0.507 e. The molecule has 4 aromatic carbocycles. The minimum atomic E-state index is -0.0994. The Hall–Kier alpha value is -4.40. The molecule has 44 heavy (non-hydrogen) atoms. The lowest BCUT2D eigenvalue weighted by molar-refractivity contribution is 0.221. The van der Waals surface area contributed by atoms with Crippen molar-refractivity contribution in [1.82, 2.24) is 10.2 Å². The summed E-state index contributed by atoms with van der Waals surface area (Å²) in [5.41, 5.74) is 8.07. The number of methoxy groups -OCH3 is 3. The molecule has 4 aromatic rings. The topological polar surface area (TPSA) is 92.7 Å². The van der Waals surface area contributed by atoms with Crippen molar-refractivity contribution in [3.63, 3.8) is 0 Å². The smallest absolute Gasteiger partial charge is 0.201 e. The molecule has 0 radical (unpaired) electrons. The number of rotatable bonds is 3. The molecule has 0 aromatic heterocycles. The molecule has 228 valence electrons. The SMILES string of the molecule is COc1cc2c3cc1Oc1c(O)c(OC)cc4c1[C@H](Cc1ccc(OC)c(c1)-c1cc(ccc1O)C[C@@H]3NCC2)N(C)CC4. The van der Waals surface area contributed by atoms with Gasteiger partial charge in [0.1, 0.15) is 11.5 Å². The summed E-state index contributed by atoms with van der Waals surface area (Å²) in [7, 11) is 6.97. The van der Waals surface area contributed by atoms with Gasteiger partial charge in [0.05, 0.1) is 21.3 Å². The summed E-state index contributed by atoms with van der Waals surface area (Å²) < 4.78 is 24.0. The predicted octanol–water partition coefficient (Wildman–Crippen LogP) is 6.10. The molecule has 2 atom stereocenters. The number of ether oxygens (including phenoxy) is 4. The van der Waals surface area contributed by atoms with E-state index in [-0.39, 0.29) is 23.6 Å². The van der Waals surface area contributed by atoms with Gasteiger partial charge in [0.25, 0.3) is 0 Å². The molecule has 0 amide bonds. The van der Waals surface area contributed by atoms with E-state index in [0.29, 0.717) is 41.6 Å². The van der Waals surface area contributed by atoms with Crippen LogP contribution in [0.1, 0.15) is 45.5 Å². The van der Waals surface area contributed by atoms with E-state index in [0.717, 1.165) is 64.9 Å². The summed E-state index contributed by atoms with van der Waals surface area (Å²) in [6.45, 7) is 1.67. The van der Waals surface area contributed by atoms with Crippen LogP contribution in [0.4, 0.5) is 0 Å². The van der Waals surface area contributed by atoms with Gasteiger partial charge in [-0.15, -0.1) is 0 Å². The zero-order chi connectivity index (χ0) is 30.5. The average molecular weight is 595 g/mol. The molecule has 0 saturated carbocycles. The minimum absolute atomic E-state index is 0.0113. The normalized spacial score (nSPS) is 19.0. The van der Waals surface area contributed by atoms with Crippen LogP contribution in [0.25, 0.3) is 11.1 Å². The summed E-state index contributed by atoms with van der Waals surface area (Å²) in [5, 5.41) is 26.4. The Kier molecular flexibility index (Phi) is 7.26. The molecule has 0 fully saturated rings. The highest BCUT2D eigenvalue weighted by Crippen LogP contribution is 2.51. The lowest BCUT2D eigenvalue weighted by Gasteiger charge is -2.36. The maximum atomic E-state index is 11.6. The molecule has 3 N–H and O–H groups in total. The fourth-order valence-electron chi connectivity index (χ4n) is 7.11. The number of phenolic OH excluding ortho intramolecular Hbond substituents is 2. The first-order chi connectivity index (χ1) is 21.4. The van der Waals surface area contributed by atoms with Crippen LogP contribution in [0.2, 0.25) is 0 Å². The van der Waals surface area contributed by atoms with Crippen molar-refractivity contribution in [2.75, 3.05) is 41.5 Å². The third-order valence-electron chi connectivity index (χ3n) is 9.45. The number of phenols is 2. The van der Waals surface area contributed by atoms with E-state index in [1.54, 1.807) is 27.4 Å². The number of hydrogen-bond acceptors (Lipinski definition) is 8. The molecule has 0 aliphatic carbocycles. The van der Waals surface area contributed by atoms with Crippen LogP contribution in [0.3, 0.4) is 0 Å². The zero-order valence-corrected chi connectivity index (χ0v) is 25.6. The Morgan fingerprint density at radius 2 is 1.52 bits per heavy atom. The van der Waals surface area contributed by atoms with Crippen molar-refractivity contribution in [3.8, 4) is 51.4 Å². The molecular formula is C36H38N2O6. The summed E-state index contributed by atoms with van der Waals surface area (Å²) >= 11 is 0. The average Bonchev–Trinajstić information content (AvgIpc) is 3.03. The zero-order valence-electron chi connectivity index (χ0n) is 25.6. The van der Waals surface area contributed by atoms with Crippen molar-refractivity contribution >= 4 is 0 Å². The lowest BCUT2D eigenvalue weighted by Crippen LogP contribution is -2.34. The van der Waals surface area contributed by atoms with Gasteiger partial charge >= 0.3 is 0 Å². The van der Waals surface area contributed by atoms with Crippen molar-refractivity contribution in [1.29, 1.82) is 0 Å². The highest BCUT2D eigenvalue weighted by atomic mass is 16.5. The summed E-state index contributed by atoms with van der Waals surface area (Å²) in [6.07, 6.45) is 3.01. The van der Waals surface area contributed by atoms with Crippen molar-refractivity contribution in [2.45, 2.75) is 37.8 Å². The molecule has 3 heterocycles. The van der Waals surface area contributed by atoms with Crippen LogP contribution in [0.5, 0.6) is 40.2 Å². The van der Waals surface area contributed by atoms with E-state index in [9.17, 15) is 10.2 Å². The van der Waals surface area contributed by atoms with Crippen molar-refractivity contribution in [2.24, 2.45) is 0 Å². The summed E-state index contributed by atoms with van der Waals surface area (Å²) in [6, 6.07) is 17.9. The highest BCUT2D eigenvalue weighted by molar-refractivity contribution is 5.77. The molecule has 0 unspecified atom stereocenters. The molecule has 3 aliphatic rings. The molecule has 3 aliphatic heterocycles. The van der Waals surface area contributed by atoms with Gasteiger partial charge in [0, 0.05) is 35.3 Å². The number of likely N-dealkylation sites (N-methyl/N-ethyl adjacent to an activating group) is 1. The van der Waals surface area contributed by atoms with Gasteiger partial charge in [-0.05, 0) is 110 Å². The van der Waals surface area contributed by atoms with Gasteiger partial charge in [0.2, 0.25) is 5.75 Å². The van der Waals surface area contributed by atoms with Crippen molar-refractivity contribution < 1.29 is 29.2 Å². The van der Waals surface area contributed by atoms with Crippen LogP contribution in [0, 0.1) is 0 Å². The molecule has 7 rings (SSSR count). The largest absolute Gasteiger partial charge is 0.507 e. The van der Waals surface area contributed by atoms with E-state index >= 15 is 0 Å². The highest BCUT2D eigenvalue weighted by Gasteiger charge is 2.34. The fraction of sp³-hybridized carbons (Fsp3) is 0.333. The standard InChI is InChI=1S/C36H38N2O6/c1-38-12-10-23-18-33(43-4)35(40)36-34(23)28(38)16-21-6-8-30(41-2)26(14-21)25-13-20(5-7-29(25)39)15-27-24-19-32(44-36)31(42-3)17-22(24)9-11-37-27/h5-8,13-14,17-19,27-28,37,39-40H,9-12,15-16H2,1-4H3/t27-,28-/m0/s1. The van der Waals surface area contributed by atoms with Crippen molar-refractivity contribution in [3.05, 3.63) is 88.0 Å². The molecule has 8 heteroatoms. The number of aromatic hydroxyl groups is 2. The Morgan fingerprint density at radius 3 is 2.32 bits per heavy atom. The maximum absolute atomic E-state index is 11.6. The van der Waals surface area contributed by atoms with Gasteiger partial charge in [-0.3, -0.25) is 4.90 Å². The van der Waals surface area contributed by atoms with E-state index in [4.69, 9.17) is 18.9 Å². The van der Waals surface area contributed by atoms with E-state index < -0.39 is 0 Å². The monoisotopic (exact) mass is 594 g/mol. The van der Waals surface area contributed by atoms with E-state index in [1.165, 1.54) is 5.56 Å².